The lowest BCUT2D eigenvalue weighted by Crippen LogP contribution is -1.94. The molecule has 0 saturated carbocycles. The van der Waals surface area contributed by atoms with Crippen LogP contribution < -0.4 is 0 Å². The fourth-order valence-corrected chi connectivity index (χ4v) is 1.34. The molecule has 0 radical (unpaired) electrons. The van der Waals surface area contributed by atoms with Gasteiger partial charge in [0.1, 0.15) is 11.3 Å². The van der Waals surface area contributed by atoms with Crippen LogP contribution in [-0.2, 0) is 0 Å². The predicted molar refractivity (Wildman–Crippen MR) is 47.8 cm³/mol. The third kappa shape index (κ3) is 1.07. The first kappa shape index (κ1) is 7.79. The molecule has 0 aliphatic carbocycles. The number of fused-ring (bicyclic) bond motifs is 1. The van der Waals surface area contributed by atoms with E-state index in [2.05, 4.69) is 9.97 Å². The number of benzene rings is 1. The smallest absolute Gasteiger partial charge is 0.165 e. The number of rotatable bonds is 1. The SMILES string of the molecule is CC(=O)c1c(O)ccc2[nH]cnc12. The number of carbonyl (C=O) groups excluding carboxylic acids is 1. The number of aromatic hydroxyl groups is 1. The first-order valence-corrected chi connectivity index (χ1v) is 3.86. The van der Waals surface area contributed by atoms with Crippen molar-refractivity contribution >= 4 is 16.8 Å². The maximum absolute atomic E-state index is 11.2. The Morgan fingerprint density at radius 3 is 3.00 bits per heavy atom. The van der Waals surface area contributed by atoms with Crippen molar-refractivity contribution in [3.05, 3.63) is 24.0 Å². The summed E-state index contributed by atoms with van der Waals surface area (Å²) in [6.07, 6.45) is 1.50. The number of phenols is 1. The molecule has 0 fully saturated rings. The number of aromatic amines is 1. The summed E-state index contributed by atoms with van der Waals surface area (Å²) in [5.74, 6) is -0.206. The van der Waals surface area contributed by atoms with Gasteiger partial charge in [-0.05, 0) is 19.1 Å². The lowest BCUT2D eigenvalue weighted by atomic mass is 10.1. The van der Waals surface area contributed by atoms with Crippen LogP contribution in [-0.4, -0.2) is 20.9 Å². The Morgan fingerprint density at radius 2 is 2.31 bits per heavy atom. The molecule has 4 heteroatoms. The number of H-pyrrole nitrogens is 1. The van der Waals surface area contributed by atoms with Crippen molar-refractivity contribution in [2.24, 2.45) is 0 Å². The van der Waals surface area contributed by atoms with Gasteiger partial charge in [-0.3, -0.25) is 4.79 Å². The molecular formula is C9H8N2O2. The van der Waals surface area contributed by atoms with Crippen LogP contribution in [0.1, 0.15) is 17.3 Å². The van der Waals surface area contributed by atoms with Crippen LogP contribution in [0.5, 0.6) is 5.75 Å². The third-order valence-electron chi connectivity index (χ3n) is 1.92. The highest BCUT2D eigenvalue weighted by Gasteiger charge is 2.12. The number of hydrogen-bond donors (Lipinski definition) is 2. The van der Waals surface area contributed by atoms with E-state index in [0.29, 0.717) is 5.52 Å². The van der Waals surface area contributed by atoms with Crippen molar-refractivity contribution in [2.45, 2.75) is 6.92 Å². The van der Waals surface area contributed by atoms with Gasteiger partial charge in [0.2, 0.25) is 0 Å². The van der Waals surface area contributed by atoms with Crippen LogP contribution in [0.15, 0.2) is 18.5 Å². The van der Waals surface area contributed by atoms with Crippen molar-refractivity contribution in [3.63, 3.8) is 0 Å². The molecule has 0 unspecified atom stereocenters. The minimum absolute atomic E-state index is 0.0212. The second-order valence-corrected chi connectivity index (χ2v) is 2.81. The van der Waals surface area contributed by atoms with Crippen LogP contribution >= 0.6 is 0 Å². The predicted octanol–water partition coefficient (Wildman–Crippen LogP) is 1.47. The minimum Gasteiger partial charge on any atom is -0.507 e. The van der Waals surface area contributed by atoms with E-state index in [1.165, 1.54) is 19.3 Å². The molecule has 0 spiro atoms. The second kappa shape index (κ2) is 2.58. The van der Waals surface area contributed by atoms with E-state index in [9.17, 15) is 9.90 Å². The van der Waals surface area contributed by atoms with Gasteiger partial charge in [0.25, 0.3) is 0 Å². The second-order valence-electron chi connectivity index (χ2n) is 2.81. The normalized spacial score (nSPS) is 10.5. The standard InChI is InChI=1S/C9H8N2O2/c1-5(12)8-7(13)3-2-6-9(8)11-4-10-6/h2-4,13H,1H3,(H,10,11). The summed E-state index contributed by atoms with van der Waals surface area (Å²) in [5.41, 5.74) is 1.55. The zero-order chi connectivity index (χ0) is 9.42. The number of carbonyl (C=O) groups is 1. The fourth-order valence-electron chi connectivity index (χ4n) is 1.34. The number of Topliss-reactive ketones (excluding diaryl/α,β-unsaturated/α-hetero) is 1. The third-order valence-corrected chi connectivity index (χ3v) is 1.92. The fraction of sp³-hybridized carbons (Fsp3) is 0.111. The average molecular weight is 176 g/mol. The van der Waals surface area contributed by atoms with E-state index in [4.69, 9.17) is 0 Å². The van der Waals surface area contributed by atoms with Crippen molar-refractivity contribution < 1.29 is 9.90 Å². The molecule has 0 atom stereocenters. The van der Waals surface area contributed by atoms with Gasteiger partial charge in [-0.2, -0.15) is 0 Å². The van der Waals surface area contributed by atoms with Crippen molar-refractivity contribution in [1.29, 1.82) is 0 Å². The Labute approximate surface area is 74.2 Å². The monoisotopic (exact) mass is 176 g/mol. The summed E-state index contributed by atoms with van der Waals surface area (Å²) in [5, 5.41) is 9.42. The van der Waals surface area contributed by atoms with Gasteiger partial charge in [-0.1, -0.05) is 0 Å². The number of hydrogen-bond acceptors (Lipinski definition) is 3. The van der Waals surface area contributed by atoms with Gasteiger partial charge in [0.15, 0.2) is 5.78 Å². The van der Waals surface area contributed by atoms with Crippen LogP contribution in [0.2, 0.25) is 0 Å². The number of ketones is 1. The largest absolute Gasteiger partial charge is 0.507 e. The minimum atomic E-state index is -0.185. The number of nitrogens with one attached hydrogen (secondary N) is 1. The molecular weight excluding hydrogens is 168 g/mol. The molecule has 2 aromatic rings. The molecule has 0 aliphatic heterocycles. The highest BCUT2D eigenvalue weighted by atomic mass is 16.3. The first-order valence-electron chi connectivity index (χ1n) is 3.86. The molecule has 2 N–H and O–H groups in total. The van der Waals surface area contributed by atoms with Gasteiger partial charge < -0.3 is 10.1 Å². The molecule has 0 bridgehead atoms. The molecule has 4 nitrogen and oxygen atoms in total. The molecule has 1 aromatic carbocycles. The number of nitrogens with zero attached hydrogens (tertiary/aromatic N) is 1. The maximum Gasteiger partial charge on any atom is 0.165 e. The highest BCUT2D eigenvalue weighted by molar-refractivity contribution is 6.07. The maximum atomic E-state index is 11.2. The Balaban J connectivity index is 2.88. The number of aromatic nitrogens is 2. The Hall–Kier alpha value is -1.84. The summed E-state index contributed by atoms with van der Waals surface area (Å²) in [4.78, 5) is 18.0. The van der Waals surface area contributed by atoms with Gasteiger partial charge in [-0.25, -0.2) is 4.98 Å². The van der Waals surface area contributed by atoms with Crippen molar-refractivity contribution in [1.82, 2.24) is 9.97 Å². The zero-order valence-corrected chi connectivity index (χ0v) is 7.03. The summed E-state index contributed by atoms with van der Waals surface area (Å²) in [7, 11) is 0. The highest BCUT2D eigenvalue weighted by Crippen LogP contribution is 2.24. The Kier molecular flexibility index (Phi) is 1.55. The molecule has 1 heterocycles. The summed E-state index contributed by atoms with van der Waals surface area (Å²) >= 11 is 0. The first-order chi connectivity index (χ1) is 6.20. The van der Waals surface area contributed by atoms with Crippen molar-refractivity contribution in [3.8, 4) is 5.75 Å². The van der Waals surface area contributed by atoms with E-state index in [-0.39, 0.29) is 17.1 Å². The zero-order valence-electron chi connectivity index (χ0n) is 7.03. The van der Waals surface area contributed by atoms with E-state index in [0.717, 1.165) is 5.52 Å². The summed E-state index contributed by atoms with van der Waals surface area (Å²) < 4.78 is 0. The van der Waals surface area contributed by atoms with Crippen LogP contribution in [0.25, 0.3) is 11.0 Å². The molecule has 0 saturated heterocycles. The Morgan fingerprint density at radius 1 is 1.54 bits per heavy atom. The van der Waals surface area contributed by atoms with E-state index < -0.39 is 0 Å². The molecule has 1 aromatic heterocycles. The van der Waals surface area contributed by atoms with Crippen LogP contribution in [0.4, 0.5) is 0 Å². The Bertz CT molecular complexity index is 473. The summed E-state index contributed by atoms with van der Waals surface area (Å²) in [6, 6.07) is 3.17. The lowest BCUT2D eigenvalue weighted by molar-refractivity contribution is 0.101. The average Bonchev–Trinajstić information content (AvgIpc) is 2.50. The van der Waals surface area contributed by atoms with Gasteiger partial charge in [0, 0.05) is 0 Å². The number of phenolic OH excluding ortho intramolecular Hbond substituents is 1. The lowest BCUT2D eigenvalue weighted by Gasteiger charge is -1.99. The molecule has 2 rings (SSSR count). The van der Waals surface area contributed by atoms with Crippen LogP contribution in [0.3, 0.4) is 0 Å². The topological polar surface area (TPSA) is 66.0 Å². The van der Waals surface area contributed by atoms with Gasteiger partial charge in [0.05, 0.1) is 17.4 Å². The molecule has 0 amide bonds. The quantitative estimate of drug-likeness (QED) is 0.646. The summed E-state index contributed by atoms with van der Waals surface area (Å²) in [6.45, 7) is 1.41. The van der Waals surface area contributed by atoms with Gasteiger partial charge in [-0.15, -0.1) is 0 Å². The number of imidazole rings is 1. The molecule has 13 heavy (non-hydrogen) atoms. The van der Waals surface area contributed by atoms with Crippen molar-refractivity contribution in [2.75, 3.05) is 0 Å². The molecule has 0 aliphatic rings. The van der Waals surface area contributed by atoms with E-state index in [1.807, 2.05) is 0 Å². The van der Waals surface area contributed by atoms with E-state index in [1.54, 1.807) is 6.07 Å². The van der Waals surface area contributed by atoms with E-state index >= 15 is 0 Å². The molecule has 66 valence electrons. The van der Waals surface area contributed by atoms with Gasteiger partial charge >= 0.3 is 0 Å². The van der Waals surface area contributed by atoms with Crippen LogP contribution in [0, 0.1) is 0 Å².